The number of hydrogen-bond acceptors (Lipinski definition) is 6. The molecule has 138 valence electrons. The lowest BCUT2D eigenvalue weighted by molar-refractivity contribution is 0.0738. The molecule has 0 bridgehead atoms. The molecule has 0 atom stereocenters. The van der Waals surface area contributed by atoms with Crippen molar-refractivity contribution < 1.29 is 4.79 Å². The van der Waals surface area contributed by atoms with E-state index in [4.69, 9.17) is 0 Å². The summed E-state index contributed by atoms with van der Waals surface area (Å²) in [6.45, 7) is 7.12. The fraction of sp³-hybridized carbons (Fsp3) is 0.250. The summed E-state index contributed by atoms with van der Waals surface area (Å²) in [6.07, 6.45) is 0. The minimum absolute atomic E-state index is 0.0642. The zero-order valence-electron chi connectivity index (χ0n) is 15.4. The molecule has 4 heterocycles. The fourth-order valence-electron chi connectivity index (χ4n) is 3.20. The molecule has 4 aromatic heterocycles. The van der Waals surface area contributed by atoms with Gasteiger partial charge in [0.2, 0.25) is 0 Å². The second-order valence-electron chi connectivity index (χ2n) is 6.41. The second kappa shape index (κ2) is 7.50. The van der Waals surface area contributed by atoms with Crippen molar-refractivity contribution in [3.8, 4) is 0 Å². The van der Waals surface area contributed by atoms with Crippen LogP contribution in [0.1, 0.15) is 36.5 Å². The average Bonchev–Trinajstić information content (AvgIpc) is 3.36. The van der Waals surface area contributed by atoms with Crippen LogP contribution in [0.2, 0.25) is 0 Å². The highest BCUT2D eigenvalue weighted by Gasteiger charge is 2.24. The van der Waals surface area contributed by atoms with Gasteiger partial charge in [-0.15, -0.1) is 34.0 Å². The van der Waals surface area contributed by atoms with Gasteiger partial charge >= 0.3 is 0 Å². The summed E-state index contributed by atoms with van der Waals surface area (Å²) >= 11 is 4.84. The lowest BCUT2D eigenvalue weighted by Crippen LogP contribution is -2.29. The van der Waals surface area contributed by atoms with Crippen LogP contribution in [0, 0.1) is 20.8 Å². The van der Waals surface area contributed by atoms with Crippen LogP contribution in [0.5, 0.6) is 0 Å². The quantitative estimate of drug-likeness (QED) is 0.429. The van der Waals surface area contributed by atoms with Gasteiger partial charge in [-0.05, 0) is 49.2 Å². The number of carbonyl (C=O) groups excluding carboxylic acids is 1. The van der Waals surface area contributed by atoms with Crippen molar-refractivity contribution in [3.05, 3.63) is 66.7 Å². The van der Waals surface area contributed by atoms with E-state index >= 15 is 0 Å². The Hall–Kier alpha value is -2.09. The van der Waals surface area contributed by atoms with E-state index in [0.717, 1.165) is 32.2 Å². The third-order valence-electron chi connectivity index (χ3n) is 4.42. The van der Waals surface area contributed by atoms with Crippen LogP contribution in [0.25, 0.3) is 10.2 Å². The highest BCUT2D eigenvalue weighted by atomic mass is 32.1. The molecule has 0 aliphatic heterocycles. The van der Waals surface area contributed by atoms with E-state index in [-0.39, 0.29) is 5.91 Å². The standard InChI is InChI=1S/C20H19N3OS3/c1-12-17-13(2)21-14(3)22-19(17)27-18(12)20(24)23(10-15-6-4-8-25-15)11-16-7-5-9-26-16/h4-9H,10-11H2,1-3H3. The Bertz CT molecular complexity index is 1050. The molecule has 0 aromatic carbocycles. The van der Waals surface area contributed by atoms with Crippen LogP contribution in [-0.2, 0) is 13.1 Å². The lowest BCUT2D eigenvalue weighted by Gasteiger charge is -2.21. The third kappa shape index (κ3) is 3.67. The molecule has 0 aliphatic carbocycles. The third-order valence-corrected chi connectivity index (χ3v) is 7.31. The van der Waals surface area contributed by atoms with E-state index in [9.17, 15) is 4.79 Å². The Kier molecular flexibility index (Phi) is 5.08. The first-order chi connectivity index (χ1) is 13.0. The number of aryl methyl sites for hydroxylation is 3. The van der Waals surface area contributed by atoms with E-state index in [2.05, 4.69) is 32.9 Å². The normalized spacial score (nSPS) is 11.2. The summed E-state index contributed by atoms with van der Waals surface area (Å²) in [5.41, 5.74) is 1.92. The minimum Gasteiger partial charge on any atom is -0.328 e. The highest BCUT2D eigenvalue weighted by Crippen LogP contribution is 2.33. The maximum Gasteiger partial charge on any atom is 0.264 e. The molecule has 0 saturated carbocycles. The molecule has 4 aromatic rings. The number of carbonyl (C=O) groups is 1. The maximum absolute atomic E-state index is 13.5. The molecule has 0 spiro atoms. The summed E-state index contributed by atoms with van der Waals surface area (Å²) < 4.78 is 0. The smallest absolute Gasteiger partial charge is 0.264 e. The van der Waals surface area contributed by atoms with E-state index in [1.165, 1.54) is 21.1 Å². The molecule has 4 rings (SSSR count). The molecule has 7 heteroatoms. The van der Waals surface area contributed by atoms with Crippen molar-refractivity contribution in [3.63, 3.8) is 0 Å². The maximum atomic E-state index is 13.5. The molecule has 0 unspecified atom stereocenters. The zero-order valence-corrected chi connectivity index (χ0v) is 17.8. The molecule has 0 radical (unpaired) electrons. The van der Waals surface area contributed by atoms with Gasteiger partial charge in [0.15, 0.2) is 0 Å². The van der Waals surface area contributed by atoms with Crippen molar-refractivity contribution in [2.24, 2.45) is 0 Å². The Morgan fingerprint density at radius 3 is 2.19 bits per heavy atom. The molecule has 0 aliphatic rings. The number of thiophene rings is 3. The molecule has 0 N–H and O–H groups in total. The van der Waals surface area contributed by atoms with Crippen LogP contribution in [0.4, 0.5) is 0 Å². The summed E-state index contributed by atoms with van der Waals surface area (Å²) in [4.78, 5) is 28.5. The predicted octanol–water partition coefficient (Wildman–Crippen LogP) is 5.58. The Morgan fingerprint density at radius 2 is 1.63 bits per heavy atom. The first-order valence-corrected chi connectivity index (χ1v) is 11.2. The van der Waals surface area contributed by atoms with Crippen molar-refractivity contribution in [2.45, 2.75) is 33.9 Å². The number of rotatable bonds is 5. The molecular formula is C20H19N3OS3. The molecular weight excluding hydrogens is 394 g/mol. The number of aromatic nitrogens is 2. The predicted molar refractivity (Wildman–Crippen MR) is 114 cm³/mol. The van der Waals surface area contributed by atoms with E-state index in [1.54, 1.807) is 22.7 Å². The van der Waals surface area contributed by atoms with Gasteiger partial charge in [-0.25, -0.2) is 9.97 Å². The van der Waals surface area contributed by atoms with Crippen molar-refractivity contribution in [1.82, 2.24) is 14.9 Å². The SMILES string of the molecule is Cc1nc(C)c2c(C)c(C(=O)N(Cc3cccs3)Cc3cccs3)sc2n1. The fourth-order valence-corrected chi connectivity index (χ4v) is 5.89. The highest BCUT2D eigenvalue weighted by molar-refractivity contribution is 7.20. The van der Waals surface area contributed by atoms with Gasteiger partial charge in [-0.3, -0.25) is 4.79 Å². The van der Waals surface area contributed by atoms with Crippen LogP contribution >= 0.6 is 34.0 Å². The number of amides is 1. The lowest BCUT2D eigenvalue weighted by atomic mass is 10.1. The van der Waals surface area contributed by atoms with Crippen LogP contribution in [0.15, 0.2) is 35.0 Å². The molecule has 27 heavy (non-hydrogen) atoms. The monoisotopic (exact) mass is 413 g/mol. The summed E-state index contributed by atoms with van der Waals surface area (Å²) in [6, 6.07) is 8.21. The molecule has 0 saturated heterocycles. The number of nitrogens with zero attached hydrogens (tertiary/aromatic N) is 3. The first-order valence-electron chi connectivity index (χ1n) is 8.61. The van der Waals surface area contributed by atoms with E-state index in [1.807, 2.05) is 37.8 Å². The van der Waals surface area contributed by atoms with Gasteiger partial charge in [-0.2, -0.15) is 0 Å². The van der Waals surface area contributed by atoms with Crippen LogP contribution in [-0.4, -0.2) is 20.8 Å². The van der Waals surface area contributed by atoms with Gasteiger partial charge in [0.1, 0.15) is 10.7 Å². The average molecular weight is 414 g/mol. The van der Waals surface area contributed by atoms with Crippen LogP contribution in [0.3, 0.4) is 0 Å². The van der Waals surface area contributed by atoms with Crippen LogP contribution < -0.4 is 0 Å². The van der Waals surface area contributed by atoms with Gasteiger partial charge in [-0.1, -0.05) is 12.1 Å². The summed E-state index contributed by atoms with van der Waals surface area (Å²) in [5, 5.41) is 5.12. The summed E-state index contributed by atoms with van der Waals surface area (Å²) in [5.74, 6) is 0.809. The summed E-state index contributed by atoms with van der Waals surface area (Å²) in [7, 11) is 0. The largest absolute Gasteiger partial charge is 0.328 e. The number of hydrogen-bond donors (Lipinski definition) is 0. The zero-order chi connectivity index (χ0) is 19.0. The Balaban J connectivity index is 1.73. The van der Waals surface area contributed by atoms with Crippen molar-refractivity contribution in [1.29, 1.82) is 0 Å². The second-order valence-corrected chi connectivity index (χ2v) is 9.48. The molecule has 1 amide bonds. The molecule has 0 fully saturated rings. The minimum atomic E-state index is 0.0642. The van der Waals surface area contributed by atoms with E-state index in [0.29, 0.717) is 13.1 Å². The van der Waals surface area contributed by atoms with Gasteiger partial charge < -0.3 is 4.90 Å². The topological polar surface area (TPSA) is 46.1 Å². The van der Waals surface area contributed by atoms with E-state index < -0.39 is 0 Å². The first kappa shape index (κ1) is 18.3. The van der Waals surface area contributed by atoms with Gasteiger partial charge in [0.05, 0.1) is 18.0 Å². The molecule has 4 nitrogen and oxygen atoms in total. The number of fused-ring (bicyclic) bond motifs is 1. The Morgan fingerprint density at radius 1 is 1.00 bits per heavy atom. The van der Waals surface area contributed by atoms with Gasteiger partial charge in [0.25, 0.3) is 5.91 Å². The van der Waals surface area contributed by atoms with Crippen molar-refractivity contribution in [2.75, 3.05) is 0 Å². The van der Waals surface area contributed by atoms with Crippen molar-refractivity contribution >= 4 is 50.1 Å². The Labute approximate surface area is 170 Å². The van der Waals surface area contributed by atoms with Gasteiger partial charge in [0, 0.05) is 20.8 Å².